The van der Waals surface area contributed by atoms with Crippen LogP contribution in [0.4, 0.5) is 5.69 Å². The number of hydrogen-bond acceptors (Lipinski definition) is 2. The van der Waals surface area contributed by atoms with E-state index in [0.29, 0.717) is 0 Å². The van der Waals surface area contributed by atoms with E-state index in [-0.39, 0.29) is 5.70 Å². The van der Waals surface area contributed by atoms with Crippen molar-refractivity contribution < 1.29 is 9.90 Å². The lowest BCUT2D eigenvalue weighted by atomic mass is 10.3. The first-order chi connectivity index (χ1) is 5.70. The summed E-state index contributed by atoms with van der Waals surface area (Å²) in [6.07, 6.45) is 0. The Morgan fingerprint density at radius 3 is 2.42 bits per heavy atom. The number of carboxylic acids is 1. The first kappa shape index (κ1) is 8.33. The minimum Gasteiger partial charge on any atom is -0.477 e. The highest BCUT2D eigenvalue weighted by atomic mass is 16.4. The molecule has 0 aromatic heterocycles. The SMILES string of the molecule is C=C(Nc1ccccc1)C(=O)O. The number of carbonyl (C=O) groups is 1. The van der Waals surface area contributed by atoms with Crippen LogP contribution in [0, 0.1) is 0 Å². The van der Waals surface area contributed by atoms with Crippen molar-refractivity contribution in [3.8, 4) is 0 Å². The Bertz CT molecular complexity index is 293. The van der Waals surface area contributed by atoms with Crippen LogP contribution in [0.25, 0.3) is 0 Å². The fourth-order valence-corrected chi connectivity index (χ4v) is 0.749. The van der Waals surface area contributed by atoms with Gasteiger partial charge in [0.1, 0.15) is 5.70 Å². The van der Waals surface area contributed by atoms with E-state index in [1.165, 1.54) is 0 Å². The molecule has 0 unspecified atom stereocenters. The summed E-state index contributed by atoms with van der Waals surface area (Å²) in [7, 11) is 0. The summed E-state index contributed by atoms with van der Waals surface area (Å²) >= 11 is 0. The van der Waals surface area contributed by atoms with Crippen LogP contribution >= 0.6 is 0 Å². The van der Waals surface area contributed by atoms with Crippen molar-refractivity contribution in [1.82, 2.24) is 0 Å². The van der Waals surface area contributed by atoms with E-state index in [2.05, 4.69) is 11.9 Å². The second-order valence-corrected chi connectivity index (χ2v) is 2.27. The maximum Gasteiger partial charge on any atom is 0.351 e. The Morgan fingerprint density at radius 2 is 1.92 bits per heavy atom. The Labute approximate surface area is 70.3 Å². The van der Waals surface area contributed by atoms with Gasteiger partial charge in [0.15, 0.2) is 0 Å². The monoisotopic (exact) mass is 163 g/mol. The van der Waals surface area contributed by atoms with Gasteiger partial charge >= 0.3 is 5.97 Å². The number of carboxylic acid groups (broad SMARTS) is 1. The molecule has 1 aromatic carbocycles. The zero-order valence-electron chi connectivity index (χ0n) is 6.45. The van der Waals surface area contributed by atoms with Crippen molar-refractivity contribution in [2.45, 2.75) is 0 Å². The summed E-state index contributed by atoms with van der Waals surface area (Å²) in [5.41, 5.74) is 0.700. The molecule has 0 aliphatic carbocycles. The van der Waals surface area contributed by atoms with Gasteiger partial charge in [0, 0.05) is 5.69 Å². The number of benzene rings is 1. The predicted octanol–water partition coefficient (Wildman–Crippen LogP) is 1.70. The van der Waals surface area contributed by atoms with Gasteiger partial charge in [-0.1, -0.05) is 24.8 Å². The lowest BCUT2D eigenvalue weighted by Gasteiger charge is -2.03. The number of hydrogen-bond donors (Lipinski definition) is 2. The van der Waals surface area contributed by atoms with Gasteiger partial charge in [0.2, 0.25) is 0 Å². The van der Waals surface area contributed by atoms with Crippen molar-refractivity contribution >= 4 is 11.7 Å². The van der Waals surface area contributed by atoms with Gasteiger partial charge in [-0.3, -0.25) is 0 Å². The lowest BCUT2D eigenvalue weighted by molar-refractivity contribution is -0.132. The van der Waals surface area contributed by atoms with Crippen LogP contribution < -0.4 is 5.32 Å². The van der Waals surface area contributed by atoms with Crippen LogP contribution in [0.2, 0.25) is 0 Å². The van der Waals surface area contributed by atoms with Gasteiger partial charge in [-0.25, -0.2) is 4.79 Å². The fourth-order valence-electron chi connectivity index (χ4n) is 0.749. The summed E-state index contributed by atoms with van der Waals surface area (Å²) in [5.74, 6) is -1.04. The largest absolute Gasteiger partial charge is 0.477 e. The molecule has 1 rings (SSSR count). The van der Waals surface area contributed by atoms with Crippen molar-refractivity contribution in [3.05, 3.63) is 42.6 Å². The van der Waals surface area contributed by atoms with Crippen LogP contribution in [-0.2, 0) is 4.79 Å². The molecule has 0 saturated carbocycles. The number of anilines is 1. The van der Waals surface area contributed by atoms with Crippen LogP contribution in [0.15, 0.2) is 42.6 Å². The highest BCUT2D eigenvalue weighted by Crippen LogP contribution is 2.07. The Morgan fingerprint density at radius 1 is 1.33 bits per heavy atom. The van der Waals surface area contributed by atoms with Gasteiger partial charge in [0.05, 0.1) is 0 Å². The Hall–Kier alpha value is -1.77. The number of aliphatic carboxylic acids is 1. The molecule has 0 atom stereocenters. The van der Waals surface area contributed by atoms with E-state index >= 15 is 0 Å². The van der Waals surface area contributed by atoms with Crippen molar-refractivity contribution in [2.24, 2.45) is 0 Å². The number of rotatable bonds is 3. The maximum atomic E-state index is 10.3. The zero-order valence-corrected chi connectivity index (χ0v) is 6.45. The van der Waals surface area contributed by atoms with Gasteiger partial charge in [0.25, 0.3) is 0 Å². The van der Waals surface area contributed by atoms with Crippen molar-refractivity contribution in [1.29, 1.82) is 0 Å². The minimum atomic E-state index is -1.04. The van der Waals surface area contributed by atoms with Gasteiger partial charge in [-0.05, 0) is 12.1 Å². The number of para-hydroxylation sites is 1. The summed E-state index contributed by atoms with van der Waals surface area (Å²) in [4.78, 5) is 10.3. The molecule has 0 fully saturated rings. The van der Waals surface area contributed by atoms with Crippen LogP contribution in [0.5, 0.6) is 0 Å². The van der Waals surface area contributed by atoms with Crippen molar-refractivity contribution in [3.63, 3.8) is 0 Å². The van der Waals surface area contributed by atoms with E-state index < -0.39 is 5.97 Å². The molecule has 1 aromatic rings. The summed E-state index contributed by atoms with van der Waals surface area (Å²) in [6, 6.07) is 9.03. The third-order valence-electron chi connectivity index (χ3n) is 1.33. The topological polar surface area (TPSA) is 49.3 Å². The second-order valence-electron chi connectivity index (χ2n) is 2.27. The molecule has 0 aliphatic rings. The molecule has 0 radical (unpaired) electrons. The van der Waals surface area contributed by atoms with E-state index in [1.54, 1.807) is 12.1 Å². The normalized spacial score (nSPS) is 9.00. The van der Waals surface area contributed by atoms with Gasteiger partial charge in [-0.2, -0.15) is 0 Å². The first-order valence-corrected chi connectivity index (χ1v) is 3.44. The molecule has 0 spiro atoms. The molecule has 0 heterocycles. The fraction of sp³-hybridized carbons (Fsp3) is 0. The van der Waals surface area contributed by atoms with Gasteiger partial charge in [-0.15, -0.1) is 0 Å². The molecule has 3 nitrogen and oxygen atoms in total. The second kappa shape index (κ2) is 3.57. The summed E-state index contributed by atoms with van der Waals surface area (Å²) in [6.45, 7) is 3.34. The van der Waals surface area contributed by atoms with Crippen LogP contribution in [-0.4, -0.2) is 11.1 Å². The highest BCUT2D eigenvalue weighted by molar-refractivity contribution is 5.89. The molecule has 0 saturated heterocycles. The van der Waals surface area contributed by atoms with Crippen molar-refractivity contribution in [2.75, 3.05) is 5.32 Å². The van der Waals surface area contributed by atoms with Crippen LogP contribution in [0.1, 0.15) is 0 Å². The maximum absolute atomic E-state index is 10.3. The zero-order chi connectivity index (χ0) is 8.97. The summed E-state index contributed by atoms with van der Waals surface area (Å²) in [5, 5.41) is 11.1. The smallest absolute Gasteiger partial charge is 0.351 e. The third-order valence-corrected chi connectivity index (χ3v) is 1.33. The molecule has 62 valence electrons. The average Bonchev–Trinajstić information content (AvgIpc) is 2.06. The standard InChI is InChI=1S/C9H9NO2/c1-7(9(11)12)10-8-5-3-2-4-6-8/h2-6,10H,1H2,(H,11,12). The molecule has 0 bridgehead atoms. The van der Waals surface area contributed by atoms with E-state index in [0.717, 1.165) is 5.69 Å². The highest BCUT2D eigenvalue weighted by Gasteiger charge is 2.01. The first-order valence-electron chi connectivity index (χ1n) is 3.44. The molecular weight excluding hydrogens is 154 g/mol. The number of nitrogens with one attached hydrogen (secondary N) is 1. The average molecular weight is 163 g/mol. The summed E-state index contributed by atoms with van der Waals surface area (Å²) < 4.78 is 0. The predicted molar refractivity (Wildman–Crippen MR) is 46.8 cm³/mol. The quantitative estimate of drug-likeness (QED) is 0.667. The van der Waals surface area contributed by atoms with E-state index in [1.807, 2.05) is 18.2 Å². The molecular formula is C9H9NO2. The minimum absolute atomic E-state index is 0.0267. The molecule has 3 heteroatoms. The molecule has 0 aliphatic heterocycles. The Balaban J connectivity index is 2.65. The third kappa shape index (κ3) is 2.12. The van der Waals surface area contributed by atoms with E-state index in [4.69, 9.17) is 5.11 Å². The molecule has 0 amide bonds. The lowest BCUT2D eigenvalue weighted by Crippen LogP contribution is -2.08. The van der Waals surface area contributed by atoms with Gasteiger partial charge < -0.3 is 10.4 Å². The molecule has 12 heavy (non-hydrogen) atoms. The Kier molecular flexibility index (Phi) is 2.48. The molecule has 2 N–H and O–H groups in total. The van der Waals surface area contributed by atoms with Crippen LogP contribution in [0.3, 0.4) is 0 Å². The van der Waals surface area contributed by atoms with E-state index in [9.17, 15) is 4.79 Å².